The maximum absolute atomic E-state index is 13.3. The van der Waals surface area contributed by atoms with Gasteiger partial charge in [-0.25, -0.2) is 21.2 Å². The highest BCUT2D eigenvalue weighted by Crippen LogP contribution is 2.27. The molecule has 1 aliphatic heterocycles. The maximum Gasteiger partial charge on any atom is 0.290 e. The van der Waals surface area contributed by atoms with Crippen molar-refractivity contribution in [1.29, 1.82) is 0 Å². The van der Waals surface area contributed by atoms with Gasteiger partial charge in [0.1, 0.15) is 5.82 Å². The molecule has 1 aromatic heterocycles. The van der Waals surface area contributed by atoms with Crippen molar-refractivity contribution < 1.29 is 30.4 Å². The number of halogens is 2. The van der Waals surface area contributed by atoms with Crippen LogP contribution in [0.3, 0.4) is 0 Å². The largest absolute Gasteiger partial charge is 0.439 e. The Balaban J connectivity index is 1.64. The van der Waals surface area contributed by atoms with E-state index in [2.05, 4.69) is 15.9 Å². The van der Waals surface area contributed by atoms with Crippen molar-refractivity contribution in [3.8, 4) is 0 Å². The number of rotatable bonds is 6. The van der Waals surface area contributed by atoms with Gasteiger partial charge in [0.2, 0.25) is 14.9 Å². The smallest absolute Gasteiger partial charge is 0.290 e. The van der Waals surface area contributed by atoms with Crippen molar-refractivity contribution in [3.05, 3.63) is 82.3 Å². The third-order valence-corrected chi connectivity index (χ3v) is 9.28. The van der Waals surface area contributed by atoms with Gasteiger partial charge in [0, 0.05) is 17.1 Å². The second kappa shape index (κ2) is 9.03. The van der Waals surface area contributed by atoms with Crippen molar-refractivity contribution in [2.75, 3.05) is 11.5 Å². The van der Waals surface area contributed by atoms with Crippen molar-refractivity contribution in [2.45, 2.75) is 29.0 Å². The number of sulfone groups is 2. The van der Waals surface area contributed by atoms with Gasteiger partial charge in [-0.05, 0) is 60.5 Å². The molecule has 0 unspecified atom stereocenters. The number of benzene rings is 2. The van der Waals surface area contributed by atoms with Gasteiger partial charge in [-0.1, -0.05) is 28.1 Å². The second-order valence-electron chi connectivity index (χ2n) is 7.69. The molecular formula is C22H19BrFNO6S2. The predicted molar refractivity (Wildman–Crippen MR) is 122 cm³/mol. The van der Waals surface area contributed by atoms with E-state index in [9.17, 15) is 26.0 Å². The molecule has 1 atom stereocenters. The molecule has 1 amide bonds. The highest BCUT2D eigenvalue weighted by atomic mass is 79.9. The lowest BCUT2D eigenvalue weighted by atomic mass is 10.1. The highest BCUT2D eigenvalue weighted by molar-refractivity contribution is 9.10. The lowest BCUT2D eigenvalue weighted by Crippen LogP contribution is -2.40. The molecule has 7 nitrogen and oxygen atoms in total. The molecule has 1 aliphatic rings. The van der Waals surface area contributed by atoms with Gasteiger partial charge < -0.3 is 9.32 Å². The number of hydrogen-bond donors (Lipinski definition) is 0. The fourth-order valence-electron chi connectivity index (χ4n) is 3.63. The Labute approximate surface area is 199 Å². The first kappa shape index (κ1) is 23.7. The Kier molecular flexibility index (Phi) is 6.47. The van der Waals surface area contributed by atoms with Gasteiger partial charge in [-0.3, -0.25) is 4.79 Å². The lowest BCUT2D eigenvalue weighted by Gasteiger charge is -2.27. The third-order valence-electron chi connectivity index (χ3n) is 5.36. The zero-order chi connectivity index (χ0) is 23.8. The molecule has 4 rings (SSSR count). The normalized spacial score (nSPS) is 17.7. The summed E-state index contributed by atoms with van der Waals surface area (Å²) in [5.74, 6) is -1.55. The lowest BCUT2D eigenvalue weighted by molar-refractivity contribution is 0.0642. The Morgan fingerprint density at radius 3 is 2.33 bits per heavy atom. The summed E-state index contributed by atoms with van der Waals surface area (Å²) in [6, 6.07) is 13.3. The Hall–Kier alpha value is -2.50. The molecule has 2 aromatic carbocycles. The van der Waals surface area contributed by atoms with Crippen molar-refractivity contribution >= 4 is 41.5 Å². The van der Waals surface area contributed by atoms with Gasteiger partial charge in [0.15, 0.2) is 15.6 Å². The minimum Gasteiger partial charge on any atom is -0.439 e. The van der Waals surface area contributed by atoms with Crippen LogP contribution >= 0.6 is 15.9 Å². The van der Waals surface area contributed by atoms with Crippen LogP contribution in [-0.2, 0) is 26.2 Å². The molecular weight excluding hydrogens is 537 g/mol. The van der Waals surface area contributed by atoms with Crippen molar-refractivity contribution in [2.24, 2.45) is 0 Å². The Bertz CT molecular complexity index is 1380. The van der Waals surface area contributed by atoms with E-state index >= 15 is 0 Å². The third kappa shape index (κ3) is 5.20. The van der Waals surface area contributed by atoms with Gasteiger partial charge in [0.25, 0.3) is 5.91 Å². The minimum atomic E-state index is -3.99. The molecule has 11 heteroatoms. The molecule has 0 saturated carbocycles. The second-order valence-corrected chi connectivity index (χ2v) is 12.7. The molecule has 0 aliphatic carbocycles. The van der Waals surface area contributed by atoms with Crippen LogP contribution < -0.4 is 0 Å². The van der Waals surface area contributed by atoms with Gasteiger partial charge in [-0.2, -0.15) is 0 Å². The summed E-state index contributed by atoms with van der Waals surface area (Å²) in [4.78, 5) is 14.6. The zero-order valence-corrected chi connectivity index (χ0v) is 20.4. The van der Waals surface area contributed by atoms with E-state index in [1.165, 1.54) is 53.4 Å². The first-order valence-electron chi connectivity index (χ1n) is 9.91. The Morgan fingerprint density at radius 1 is 1.06 bits per heavy atom. The predicted octanol–water partition coefficient (Wildman–Crippen LogP) is 3.84. The summed E-state index contributed by atoms with van der Waals surface area (Å²) in [6.07, 6.45) is 0.250. The summed E-state index contributed by atoms with van der Waals surface area (Å²) >= 11 is 3.25. The van der Waals surface area contributed by atoms with E-state index < -0.39 is 42.5 Å². The number of carbonyl (C=O) groups excluding carboxylic acids is 1. The van der Waals surface area contributed by atoms with E-state index in [0.717, 1.165) is 0 Å². The summed E-state index contributed by atoms with van der Waals surface area (Å²) in [6.45, 7) is 0.0226. The van der Waals surface area contributed by atoms with Gasteiger partial charge in [-0.15, -0.1) is 0 Å². The molecule has 1 saturated heterocycles. The average molecular weight is 556 g/mol. The molecule has 1 fully saturated rings. The standard InChI is InChI=1S/C22H19BrFNO6S2/c23-16-3-7-19(8-4-16)33(29,30)21-10-9-20(31-21)22(26)25(18-11-12-32(27,28)14-18)13-15-1-5-17(24)6-2-15/h1-10,18H,11-14H2/t18-/m0/s1. The van der Waals surface area contributed by atoms with E-state index in [-0.39, 0.29) is 35.1 Å². The van der Waals surface area contributed by atoms with E-state index in [0.29, 0.717) is 10.0 Å². The molecule has 0 bridgehead atoms. The summed E-state index contributed by atoms with van der Waals surface area (Å²) < 4.78 is 69.2. The van der Waals surface area contributed by atoms with E-state index in [4.69, 9.17) is 4.42 Å². The molecule has 2 heterocycles. The SMILES string of the molecule is O=C(c1ccc(S(=O)(=O)c2ccc(Br)cc2)o1)N(Cc1ccc(F)cc1)[C@H]1CCS(=O)(=O)C1. The summed E-state index contributed by atoms with van der Waals surface area (Å²) in [7, 11) is -7.29. The van der Waals surface area contributed by atoms with Crippen molar-refractivity contribution in [1.82, 2.24) is 4.90 Å². The quantitative estimate of drug-likeness (QED) is 0.458. The fourth-order valence-corrected chi connectivity index (χ4v) is 6.79. The number of hydrogen-bond acceptors (Lipinski definition) is 6. The first-order valence-corrected chi connectivity index (χ1v) is 14.0. The van der Waals surface area contributed by atoms with Crippen LogP contribution in [0.2, 0.25) is 0 Å². The van der Waals surface area contributed by atoms with E-state index in [1.54, 1.807) is 12.1 Å². The van der Waals surface area contributed by atoms with Crippen LogP contribution in [0.25, 0.3) is 0 Å². The number of amides is 1. The minimum absolute atomic E-state index is 0.00380. The fraction of sp³-hybridized carbons (Fsp3) is 0.227. The molecule has 0 spiro atoms. The topological polar surface area (TPSA) is 102 Å². The number of furan rings is 1. The summed E-state index contributed by atoms with van der Waals surface area (Å²) in [5.41, 5.74) is 0.600. The van der Waals surface area contributed by atoms with Crippen LogP contribution in [0.4, 0.5) is 4.39 Å². The van der Waals surface area contributed by atoms with Crippen LogP contribution in [-0.4, -0.2) is 45.2 Å². The maximum atomic E-state index is 13.3. The molecule has 3 aromatic rings. The van der Waals surface area contributed by atoms with Crippen LogP contribution in [0, 0.1) is 5.82 Å². The average Bonchev–Trinajstić information content (AvgIpc) is 3.40. The Morgan fingerprint density at radius 2 is 1.73 bits per heavy atom. The first-order chi connectivity index (χ1) is 15.5. The van der Waals surface area contributed by atoms with Gasteiger partial charge in [0.05, 0.1) is 16.4 Å². The van der Waals surface area contributed by atoms with Crippen LogP contribution in [0.1, 0.15) is 22.5 Å². The molecule has 0 radical (unpaired) electrons. The molecule has 33 heavy (non-hydrogen) atoms. The highest BCUT2D eigenvalue weighted by Gasteiger charge is 2.36. The van der Waals surface area contributed by atoms with Crippen LogP contribution in [0.5, 0.6) is 0 Å². The van der Waals surface area contributed by atoms with E-state index in [1.807, 2.05) is 0 Å². The zero-order valence-electron chi connectivity index (χ0n) is 17.1. The summed E-state index contributed by atoms with van der Waals surface area (Å²) in [5, 5.41) is -0.394. The monoisotopic (exact) mass is 555 g/mol. The van der Waals surface area contributed by atoms with Crippen molar-refractivity contribution in [3.63, 3.8) is 0 Å². The number of carbonyl (C=O) groups is 1. The molecule has 174 valence electrons. The van der Waals surface area contributed by atoms with Gasteiger partial charge >= 0.3 is 0 Å². The van der Waals surface area contributed by atoms with Crippen LogP contribution in [0.15, 0.2) is 79.5 Å². The number of nitrogens with zero attached hydrogens (tertiary/aromatic N) is 1. The molecule has 0 N–H and O–H groups in total.